The zero-order chi connectivity index (χ0) is 22.3. The number of aromatic nitrogens is 1. The molecule has 1 aliphatic rings. The molecule has 2 heterocycles. The standard InChI is InChI=1S/C25H27F2N3OS.H2O/c26-21-8-4-19(5-9-21)25(20-6-10-22(27)11-7-20)30-15-13-29(14-16-30)17-23(31)18-32-24-3-1-2-12-28-24;/h1-12,23,25,31H,13-18H2;1H2. The molecule has 0 radical (unpaired) electrons. The van der Waals surface area contributed by atoms with Crippen LogP contribution in [0.25, 0.3) is 0 Å². The summed E-state index contributed by atoms with van der Waals surface area (Å²) < 4.78 is 27.0. The molecule has 1 fully saturated rings. The first-order valence-corrected chi connectivity index (χ1v) is 11.8. The molecule has 4 rings (SSSR count). The smallest absolute Gasteiger partial charge is 0.123 e. The van der Waals surface area contributed by atoms with Crippen LogP contribution in [0, 0.1) is 11.6 Å². The molecule has 0 amide bonds. The van der Waals surface area contributed by atoms with E-state index >= 15 is 0 Å². The third-order valence-corrected chi connectivity index (χ3v) is 6.76. The highest BCUT2D eigenvalue weighted by Gasteiger charge is 2.27. The Hall–Kier alpha value is -2.36. The molecule has 3 aromatic rings. The van der Waals surface area contributed by atoms with Gasteiger partial charge in [0.2, 0.25) is 0 Å². The molecule has 1 unspecified atom stereocenters. The van der Waals surface area contributed by atoms with Crippen molar-refractivity contribution in [1.82, 2.24) is 14.8 Å². The Kier molecular flexibility index (Phi) is 9.34. The number of rotatable bonds is 8. The minimum Gasteiger partial charge on any atom is -0.412 e. The third-order valence-electron chi connectivity index (χ3n) is 5.67. The average Bonchev–Trinajstić information content (AvgIpc) is 2.82. The number of piperazine rings is 1. The van der Waals surface area contributed by atoms with Gasteiger partial charge >= 0.3 is 0 Å². The molecule has 1 aliphatic heterocycles. The monoisotopic (exact) mass is 473 g/mol. The Morgan fingerprint density at radius 3 is 1.94 bits per heavy atom. The average molecular weight is 474 g/mol. The number of hydrogen-bond donors (Lipinski definition) is 1. The highest BCUT2D eigenvalue weighted by molar-refractivity contribution is 7.99. The van der Waals surface area contributed by atoms with Crippen molar-refractivity contribution >= 4 is 11.8 Å². The molecule has 0 bridgehead atoms. The fraction of sp³-hybridized carbons (Fsp3) is 0.320. The van der Waals surface area contributed by atoms with Gasteiger partial charge in [0.25, 0.3) is 0 Å². The first kappa shape index (κ1) is 25.3. The Morgan fingerprint density at radius 1 is 0.848 bits per heavy atom. The van der Waals surface area contributed by atoms with Gasteiger partial charge in [0.15, 0.2) is 0 Å². The van der Waals surface area contributed by atoms with Gasteiger partial charge in [-0.1, -0.05) is 30.3 Å². The van der Waals surface area contributed by atoms with E-state index in [9.17, 15) is 13.9 Å². The van der Waals surface area contributed by atoms with Gasteiger partial charge in [0.1, 0.15) is 11.6 Å². The maximum absolute atomic E-state index is 13.5. The van der Waals surface area contributed by atoms with E-state index in [2.05, 4.69) is 14.8 Å². The van der Waals surface area contributed by atoms with E-state index in [0.29, 0.717) is 12.3 Å². The Balaban J connectivity index is 0.00000306. The largest absolute Gasteiger partial charge is 0.412 e. The topological polar surface area (TPSA) is 71.1 Å². The van der Waals surface area contributed by atoms with Crippen molar-refractivity contribution in [3.8, 4) is 0 Å². The lowest BCUT2D eigenvalue weighted by Crippen LogP contribution is -2.50. The fourth-order valence-electron chi connectivity index (χ4n) is 4.07. The molecule has 2 aromatic carbocycles. The van der Waals surface area contributed by atoms with Gasteiger partial charge in [-0.2, -0.15) is 0 Å². The van der Waals surface area contributed by atoms with E-state index in [-0.39, 0.29) is 23.2 Å². The quantitative estimate of drug-likeness (QED) is 0.508. The van der Waals surface area contributed by atoms with Gasteiger partial charge in [-0.05, 0) is 47.5 Å². The van der Waals surface area contributed by atoms with E-state index in [4.69, 9.17) is 0 Å². The lowest BCUT2D eigenvalue weighted by Gasteiger charge is -2.40. The third kappa shape index (κ3) is 7.06. The Morgan fingerprint density at radius 2 is 1.42 bits per heavy atom. The highest BCUT2D eigenvalue weighted by atomic mass is 32.2. The van der Waals surface area contributed by atoms with Crippen molar-refractivity contribution in [1.29, 1.82) is 0 Å². The van der Waals surface area contributed by atoms with Crippen LogP contribution < -0.4 is 0 Å². The zero-order valence-electron chi connectivity index (χ0n) is 18.3. The SMILES string of the molecule is O.OC(CSc1ccccn1)CN1CCN(C(c2ccc(F)cc2)c2ccc(F)cc2)CC1. The normalized spacial score (nSPS) is 15.9. The summed E-state index contributed by atoms with van der Waals surface area (Å²) in [4.78, 5) is 8.89. The van der Waals surface area contributed by atoms with E-state index in [1.807, 2.05) is 18.2 Å². The maximum Gasteiger partial charge on any atom is 0.123 e. The number of pyridine rings is 1. The summed E-state index contributed by atoms with van der Waals surface area (Å²) >= 11 is 1.56. The van der Waals surface area contributed by atoms with Crippen LogP contribution in [-0.4, -0.2) is 69.9 Å². The summed E-state index contributed by atoms with van der Waals surface area (Å²) in [6, 6.07) is 18.8. The lowest BCUT2D eigenvalue weighted by atomic mass is 9.96. The summed E-state index contributed by atoms with van der Waals surface area (Å²) in [6.45, 7) is 3.87. The highest BCUT2D eigenvalue weighted by Crippen LogP contribution is 2.30. The van der Waals surface area contributed by atoms with Crippen molar-refractivity contribution in [3.05, 3.63) is 95.7 Å². The molecule has 176 valence electrons. The van der Waals surface area contributed by atoms with Crippen LogP contribution >= 0.6 is 11.8 Å². The van der Waals surface area contributed by atoms with Crippen LogP contribution in [0.4, 0.5) is 8.78 Å². The molecule has 0 spiro atoms. The maximum atomic E-state index is 13.5. The summed E-state index contributed by atoms with van der Waals surface area (Å²) in [6.07, 6.45) is 1.32. The molecule has 0 saturated carbocycles. The fourth-order valence-corrected chi connectivity index (χ4v) is 4.85. The van der Waals surface area contributed by atoms with E-state index in [0.717, 1.165) is 42.3 Å². The summed E-state index contributed by atoms with van der Waals surface area (Å²) in [5.41, 5.74) is 1.97. The van der Waals surface area contributed by atoms with Crippen molar-refractivity contribution < 1.29 is 19.4 Å². The van der Waals surface area contributed by atoms with Crippen LogP contribution in [0.2, 0.25) is 0 Å². The van der Waals surface area contributed by atoms with Crippen LogP contribution in [0.15, 0.2) is 78.0 Å². The predicted octanol–water partition coefficient (Wildman–Crippen LogP) is 3.40. The van der Waals surface area contributed by atoms with Gasteiger partial charge < -0.3 is 10.6 Å². The van der Waals surface area contributed by atoms with Crippen molar-refractivity contribution in [3.63, 3.8) is 0 Å². The number of aliphatic hydroxyl groups excluding tert-OH is 1. The number of thioether (sulfide) groups is 1. The van der Waals surface area contributed by atoms with Crippen LogP contribution in [0.1, 0.15) is 17.2 Å². The van der Waals surface area contributed by atoms with Gasteiger partial charge in [0, 0.05) is 44.7 Å². The summed E-state index contributed by atoms with van der Waals surface area (Å²) in [5, 5.41) is 11.4. The Labute approximate surface area is 197 Å². The van der Waals surface area contributed by atoms with Crippen molar-refractivity contribution in [2.75, 3.05) is 38.5 Å². The molecule has 3 N–H and O–H groups in total. The number of nitrogens with zero attached hydrogens (tertiary/aromatic N) is 3. The van der Waals surface area contributed by atoms with E-state index < -0.39 is 6.10 Å². The molecule has 5 nitrogen and oxygen atoms in total. The molecular weight excluding hydrogens is 444 g/mol. The second-order valence-electron chi connectivity index (χ2n) is 7.98. The molecular formula is C25H29F2N3O2S. The zero-order valence-corrected chi connectivity index (χ0v) is 19.1. The summed E-state index contributed by atoms with van der Waals surface area (Å²) in [5.74, 6) is 0.0633. The lowest BCUT2D eigenvalue weighted by molar-refractivity contribution is 0.0708. The number of aliphatic hydroxyl groups is 1. The first-order chi connectivity index (χ1) is 15.6. The molecule has 1 atom stereocenters. The number of β-amino-alcohol motifs (C(OH)–C–C–N with tert-alkyl or cyclic N) is 1. The van der Waals surface area contributed by atoms with Gasteiger partial charge in [-0.25, -0.2) is 13.8 Å². The summed E-state index contributed by atoms with van der Waals surface area (Å²) in [7, 11) is 0. The molecule has 33 heavy (non-hydrogen) atoms. The number of hydrogen-bond acceptors (Lipinski definition) is 5. The van der Waals surface area contributed by atoms with Crippen LogP contribution in [0.3, 0.4) is 0 Å². The van der Waals surface area contributed by atoms with Gasteiger partial charge in [0.05, 0.1) is 17.2 Å². The van der Waals surface area contributed by atoms with Crippen molar-refractivity contribution in [2.45, 2.75) is 17.2 Å². The molecule has 8 heteroatoms. The van der Waals surface area contributed by atoms with Crippen LogP contribution in [-0.2, 0) is 0 Å². The second kappa shape index (κ2) is 12.2. The minimum atomic E-state index is -0.432. The van der Waals surface area contributed by atoms with Crippen molar-refractivity contribution in [2.24, 2.45) is 0 Å². The van der Waals surface area contributed by atoms with E-state index in [1.165, 1.54) is 24.3 Å². The predicted molar refractivity (Wildman–Crippen MR) is 127 cm³/mol. The Bertz CT molecular complexity index is 924. The van der Waals surface area contributed by atoms with Gasteiger partial charge in [-0.3, -0.25) is 9.80 Å². The van der Waals surface area contributed by atoms with E-state index in [1.54, 1.807) is 42.2 Å². The minimum absolute atomic E-state index is 0. The second-order valence-corrected chi connectivity index (χ2v) is 9.02. The molecule has 0 aliphatic carbocycles. The number of halogens is 2. The molecule has 1 saturated heterocycles. The van der Waals surface area contributed by atoms with Gasteiger partial charge in [-0.15, -0.1) is 11.8 Å². The first-order valence-electron chi connectivity index (χ1n) is 10.8. The molecule has 1 aromatic heterocycles. The number of benzene rings is 2. The van der Waals surface area contributed by atoms with Crippen LogP contribution in [0.5, 0.6) is 0 Å².